The van der Waals surface area contributed by atoms with Crippen molar-refractivity contribution in [3.8, 4) is 0 Å². The molecule has 0 heterocycles. The molecule has 0 aliphatic rings. The summed E-state index contributed by atoms with van der Waals surface area (Å²) in [6.07, 6.45) is -1.14. The maximum absolute atomic E-state index is 10.3. The van der Waals surface area contributed by atoms with Crippen LogP contribution in [0.15, 0.2) is 0 Å². The molecule has 1 unspecified atom stereocenters. The molecule has 0 saturated heterocycles. The van der Waals surface area contributed by atoms with Gasteiger partial charge in [0.2, 0.25) is 5.87 Å². The molecule has 8 heteroatoms. The molecular formula is C5H7BO7. The highest BCUT2D eigenvalue weighted by Gasteiger charge is 2.42. The van der Waals surface area contributed by atoms with E-state index in [9.17, 15) is 14.4 Å². The summed E-state index contributed by atoms with van der Waals surface area (Å²) in [5, 5.41) is 33.8. The minimum Gasteiger partial charge on any atom is -0.489 e. The van der Waals surface area contributed by atoms with Crippen LogP contribution in [0.5, 0.6) is 0 Å². The van der Waals surface area contributed by atoms with Crippen molar-refractivity contribution in [2.24, 2.45) is 0 Å². The van der Waals surface area contributed by atoms with Crippen molar-refractivity contribution in [2.75, 3.05) is 0 Å². The van der Waals surface area contributed by atoms with Gasteiger partial charge in [0.15, 0.2) is 5.50 Å². The molecule has 0 bridgehead atoms. The lowest BCUT2D eigenvalue weighted by atomic mass is 9.59. The Kier molecular flexibility index (Phi) is 3.43. The van der Waals surface area contributed by atoms with Crippen LogP contribution >= 0.6 is 0 Å². The minimum absolute atomic E-state index is 1.14. The van der Waals surface area contributed by atoms with E-state index >= 15 is 0 Å². The van der Waals surface area contributed by atoms with Gasteiger partial charge in [-0.2, -0.15) is 0 Å². The lowest BCUT2D eigenvalue weighted by Crippen LogP contribution is -2.49. The van der Waals surface area contributed by atoms with E-state index in [1.807, 2.05) is 0 Å². The summed E-state index contributed by atoms with van der Waals surface area (Å²) in [7, 11) is -1.14. The first-order valence-electron chi connectivity index (χ1n) is 3.17. The van der Waals surface area contributed by atoms with Crippen LogP contribution in [0.1, 0.15) is 6.42 Å². The second-order valence-electron chi connectivity index (χ2n) is 2.48. The van der Waals surface area contributed by atoms with E-state index < -0.39 is 37.0 Å². The van der Waals surface area contributed by atoms with Crippen LogP contribution in [-0.4, -0.2) is 51.0 Å². The second kappa shape index (κ2) is 3.90. The Morgan fingerprint density at radius 2 is 1.62 bits per heavy atom. The lowest BCUT2D eigenvalue weighted by molar-refractivity contribution is -0.157. The Labute approximate surface area is 72.8 Å². The van der Waals surface area contributed by atoms with Crippen LogP contribution in [0.3, 0.4) is 0 Å². The largest absolute Gasteiger partial charge is 0.489 e. The van der Waals surface area contributed by atoms with Gasteiger partial charge in [-0.05, 0) is 0 Å². The van der Waals surface area contributed by atoms with Gasteiger partial charge in [0.1, 0.15) is 0 Å². The molecule has 0 aliphatic carbocycles. The molecule has 0 saturated carbocycles. The van der Waals surface area contributed by atoms with Crippen molar-refractivity contribution in [2.45, 2.75) is 11.9 Å². The molecule has 0 radical (unpaired) electrons. The Morgan fingerprint density at radius 1 is 1.15 bits per heavy atom. The van der Waals surface area contributed by atoms with Crippen LogP contribution in [-0.2, 0) is 9.59 Å². The van der Waals surface area contributed by atoms with Crippen LogP contribution in [0, 0.1) is 0 Å². The van der Waals surface area contributed by atoms with Gasteiger partial charge in [-0.25, -0.2) is 4.79 Å². The fourth-order valence-corrected chi connectivity index (χ4v) is 0.714. The molecule has 1 atom stereocenters. The Morgan fingerprint density at radius 3 is 1.85 bits per heavy atom. The highest BCUT2D eigenvalue weighted by Crippen LogP contribution is 2.09. The van der Waals surface area contributed by atoms with Crippen molar-refractivity contribution in [3.63, 3.8) is 0 Å². The quantitative estimate of drug-likeness (QED) is 0.381. The van der Waals surface area contributed by atoms with Gasteiger partial charge in [-0.3, -0.25) is 9.59 Å². The summed E-state index contributed by atoms with van der Waals surface area (Å²) < 4.78 is 0. The van der Waals surface area contributed by atoms with E-state index in [-0.39, 0.29) is 0 Å². The van der Waals surface area contributed by atoms with Gasteiger partial charge < -0.3 is 20.4 Å². The number of aliphatic hydroxyl groups is 1. The standard InChI is InChI=1S/C5H7BO7/c7-2(8)1-5(13,3(9)10)6-4(11)12/h6,13H,1H2,(H,7,8)(H,9,10)(H,11,12). The van der Waals surface area contributed by atoms with Gasteiger partial charge in [0, 0.05) is 0 Å². The van der Waals surface area contributed by atoms with Crippen molar-refractivity contribution in [1.29, 1.82) is 0 Å². The number of rotatable bonds is 5. The molecular weight excluding hydrogens is 183 g/mol. The van der Waals surface area contributed by atoms with E-state index in [4.69, 9.17) is 20.4 Å². The van der Waals surface area contributed by atoms with E-state index in [0.717, 1.165) is 0 Å². The van der Waals surface area contributed by atoms with Gasteiger partial charge in [0.05, 0.1) is 6.42 Å². The molecule has 0 aliphatic heterocycles. The van der Waals surface area contributed by atoms with Crippen molar-refractivity contribution in [1.82, 2.24) is 0 Å². The Bertz CT molecular complexity index is 231. The van der Waals surface area contributed by atoms with Crippen LogP contribution in [0.25, 0.3) is 0 Å². The zero-order valence-corrected chi connectivity index (χ0v) is 6.43. The van der Waals surface area contributed by atoms with Crippen molar-refractivity contribution < 1.29 is 34.8 Å². The molecule has 0 aromatic rings. The second-order valence-corrected chi connectivity index (χ2v) is 2.48. The fraction of sp³-hybridized carbons (Fsp3) is 0.400. The number of carboxylic acids is 2. The predicted octanol–water partition coefficient (Wildman–Crippen LogP) is -1.65. The average molecular weight is 190 g/mol. The molecule has 13 heavy (non-hydrogen) atoms. The molecule has 0 amide bonds. The first-order chi connectivity index (χ1) is 5.78. The molecule has 72 valence electrons. The molecule has 0 fully saturated rings. The topological polar surface area (TPSA) is 132 Å². The average Bonchev–Trinajstić information content (AvgIpc) is 1.82. The fourth-order valence-electron chi connectivity index (χ4n) is 0.714. The highest BCUT2D eigenvalue weighted by atomic mass is 16.4. The molecule has 0 rings (SSSR count). The summed E-state index contributed by atoms with van der Waals surface area (Å²) in [5.41, 5.74) is -2.74. The molecule has 0 aromatic heterocycles. The van der Waals surface area contributed by atoms with E-state index in [2.05, 4.69) is 0 Å². The Hall–Kier alpha value is -1.57. The zero-order valence-electron chi connectivity index (χ0n) is 6.43. The van der Waals surface area contributed by atoms with Crippen molar-refractivity contribution >= 4 is 25.1 Å². The highest BCUT2D eigenvalue weighted by molar-refractivity contribution is 6.76. The molecule has 0 spiro atoms. The monoisotopic (exact) mass is 190 g/mol. The predicted molar refractivity (Wildman–Crippen MR) is 40.0 cm³/mol. The maximum Gasteiger partial charge on any atom is 0.328 e. The van der Waals surface area contributed by atoms with Crippen LogP contribution in [0.4, 0.5) is 4.79 Å². The molecule has 4 N–H and O–H groups in total. The van der Waals surface area contributed by atoms with E-state index in [0.29, 0.717) is 0 Å². The SMILES string of the molecule is O=C(O)BC(O)(CC(=O)O)C(=O)O. The summed E-state index contributed by atoms with van der Waals surface area (Å²) >= 11 is 0. The van der Waals surface area contributed by atoms with Crippen LogP contribution in [0.2, 0.25) is 0 Å². The van der Waals surface area contributed by atoms with Crippen molar-refractivity contribution in [3.05, 3.63) is 0 Å². The number of hydrogen-bond donors (Lipinski definition) is 4. The third kappa shape index (κ3) is 3.56. The summed E-state index contributed by atoms with van der Waals surface area (Å²) in [6.45, 7) is 0. The number of carbonyl (C=O) groups is 3. The lowest BCUT2D eigenvalue weighted by Gasteiger charge is -2.17. The first-order valence-corrected chi connectivity index (χ1v) is 3.17. The summed E-state index contributed by atoms with van der Waals surface area (Å²) in [6, 6.07) is 0. The minimum atomic E-state index is -2.74. The third-order valence-corrected chi connectivity index (χ3v) is 1.29. The molecule has 7 nitrogen and oxygen atoms in total. The third-order valence-electron chi connectivity index (χ3n) is 1.29. The Balaban J connectivity index is 4.62. The van der Waals surface area contributed by atoms with E-state index in [1.54, 1.807) is 0 Å². The van der Waals surface area contributed by atoms with Gasteiger partial charge in [0.25, 0.3) is 0 Å². The smallest absolute Gasteiger partial charge is 0.328 e. The normalized spacial score (nSPS) is 14.2. The number of carboxylic acid groups (broad SMARTS) is 3. The van der Waals surface area contributed by atoms with Gasteiger partial charge in [-0.1, -0.05) is 0 Å². The number of hydrogen-bond acceptors (Lipinski definition) is 4. The summed E-state index contributed by atoms with van der Waals surface area (Å²) in [5.74, 6) is -5.02. The van der Waals surface area contributed by atoms with Crippen LogP contribution < -0.4 is 0 Å². The zero-order chi connectivity index (χ0) is 10.6. The van der Waals surface area contributed by atoms with Gasteiger partial charge >= 0.3 is 19.2 Å². The van der Waals surface area contributed by atoms with E-state index in [1.165, 1.54) is 0 Å². The number of aliphatic carboxylic acids is 2. The molecule has 0 aromatic carbocycles. The van der Waals surface area contributed by atoms with Gasteiger partial charge in [-0.15, -0.1) is 0 Å². The maximum atomic E-state index is 10.3. The first kappa shape index (κ1) is 11.4. The summed E-state index contributed by atoms with van der Waals surface area (Å²) in [4.78, 5) is 30.5.